The van der Waals surface area contributed by atoms with Gasteiger partial charge in [0.25, 0.3) is 0 Å². The van der Waals surface area contributed by atoms with Crippen molar-refractivity contribution in [2.45, 2.75) is 18.6 Å². The number of hydrogen-bond acceptors (Lipinski definition) is 5. The van der Waals surface area contributed by atoms with Gasteiger partial charge in [-0.2, -0.15) is 4.98 Å². The lowest BCUT2D eigenvalue weighted by atomic mass is 10.2. The molecule has 1 aromatic carbocycles. The Morgan fingerprint density at radius 1 is 1.47 bits per heavy atom. The quantitative estimate of drug-likeness (QED) is 0.881. The Labute approximate surface area is 113 Å². The summed E-state index contributed by atoms with van der Waals surface area (Å²) < 4.78 is 18.2. The summed E-state index contributed by atoms with van der Waals surface area (Å²) in [6.07, 6.45) is 0.131. The molecule has 0 bridgehead atoms. The van der Waals surface area contributed by atoms with Crippen molar-refractivity contribution in [3.8, 4) is 11.4 Å². The van der Waals surface area contributed by atoms with Crippen molar-refractivity contribution in [2.75, 3.05) is 6.54 Å². The molecule has 2 heterocycles. The fraction of sp³-hybridized carbons (Fsp3) is 0.333. The molecule has 1 fully saturated rings. The molecule has 1 aliphatic rings. The number of benzene rings is 1. The number of β-amino-alcohol motifs (C(OH)–C–C–N with tert-alkyl or cyclic N) is 1. The van der Waals surface area contributed by atoms with Crippen LogP contribution < -0.4 is 5.32 Å². The molecule has 0 radical (unpaired) electrons. The van der Waals surface area contributed by atoms with Crippen LogP contribution >= 0.6 is 11.6 Å². The average molecular weight is 284 g/mol. The second-order valence-electron chi connectivity index (χ2n) is 4.44. The first-order chi connectivity index (χ1) is 9.13. The Morgan fingerprint density at radius 2 is 2.32 bits per heavy atom. The number of aromatic nitrogens is 2. The van der Waals surface area contributed by atoms with E-state index in [4.69, 9.17) is 16.1 Å². The van der Waals surface area contributed by atoms with E-state index < -0.39 is 11.9 Å². The maximum atomic E-state index is 13.1. The van der Waals surface area contributed by atoms with Gasteiger partial charge in [0, 0.05) is 12.1 Å². The fourth-order valence-electron chi connectivity index (χ4n) is 2.03. The molecule has 0 unspecified atom stereocenters. The zero-order chi connectivity index (χ0) is 13.4. The van der Waals surface area contributed by atoms with Gasteiger partial charge < -0.3 is 14.9 Å². The van der Waals surface area contributed by atoms with E-state index in [1.54, 1.807) is 0 Å². The lowest BCUT2D eigenvalue weighted by Crippen LogP contribution is -2.15. The zero-order valence-electron chi connectivity index (χ0n) is 9.81. The van der Waals surface area contributed by atoms with Crippen LogP contribution in [0.5, 0.6) is 0 Å². The van der Waals surface area contributed by atoms with Gasteiger partial charge >= 0.3 is 0 Å². The number of halogens is 2. The standard InChI is InChI=1S/C12H11ClFN3O2/c13-8-3-6(1-2-9(8)14)11-16-12(19-17-11)10-4-7(18)5-15-10/h1-3,7,10,15,18H,4-5H2/t7-,10+/m1/s1. The smallest absolute Gasteiger partial charge is 0.244 e. The molecule has 7 heteroatoms. The van der Waals surface area contributed by atoms with E-state index in [0.717, 1.165) is 0 Å². The summed E-state index contributed by atoms with van der Waals surface area (Å²) in [4.78, 5) is 4.24. The summed E-state index contributed by atoms with van der Waals surface area (Å²) in [5.74, 6) is 0.266. The monoisotopic (exact) mass is 283 g/mol. The van der Waals surface area contributed by atoms with Crippen molar-refractivity contribution in [3.63, 3.8) is 0 Å². The third-order valence-electron chi connectivity index (χ3n) is 3.03. The lowest BCUT2D eigenvalue weighted by Gasteiger charge is -2.01. The van der Waals surface area contributed by atoms with Crippen molar-refractivity contribution in [1.82, 2.24) is 15.5 Å². The van der Waals surface area contributed by atoms with Crippen LogP contribution in [0.4, 0.5) is 4.39 Å². The summed E-state index contributed by atoms with van der Waals surface area (Å²) in [6, 6.07) is 4.09. The van der Waals surface area contributed by atoms with Gasteiger partial charge in [0.1, 0.15) is 5.82 Å². The van der Waals surface area contributed by atoms with E-state index in [-0.39, 0.29) is 11.1 Å². The number of rotatable bonds is 2. The molecule has 2 N–H and O–H groups in total. The molecule has 1 aromatic heterocycles. The van der Waals surface area contributed by atoms with Crippen LogP contribution in [-0.2, 0) is 0 Å². The van der Waals surface area contributed by atoms with Gasteiger partial charge in [0.2, 0.25) is 11.7 Å². The largest absolute Gasteiger partial charge is 0.392 e. The van der Waals surface area contributed by atoms with Gasteiger partial charge in [0.15, 0.2) is 0 Å². The molecule has 0 amide bonds. The van der Waals surface area contributed by atoms with Crippen molar-refractivity contribution < 1.29 is 14.0 Å². The van der Waals surface area contributed by atoms with Crippen LogP contribution in [0.25, 0.3) is 11.4 Å². The van der Waals surface area contributed by atoms with Crippen LogP contribution in [0.15, 0.2) is 22.7 Å². The van der Waals surface area contributed by atoms with E-state index in [2.05, 4.69) is 15.5 Å². The van der Waals surface area contributed by atoms with Crippen LogP contribution in [0.1, 0.15) is 18.4 Å². The molecule has 5 nitrogen and oxygen atoms in total. The van der Waals surface area contributed by atoms with Gasteiger partial charge in [0.05, 0.1) is 17.2 Å². The van der Waals surface area contributed by atoms with Gasteiger partial charge in [-0.1, -0.05) is 16.8 Å². The normalized spacial score (nSPS) is 22.9. The second-order valence-corrected chi connectivity index (χ2v) is 4.84. The second kappa shape index (κ2) is 4.88. The molecule has 2 aromatic rings. The van der Waals surface area contributed by atoms with E-state index in [0.29, 0.717) is 30.2 Å². The molecule has 0 saturated carbocycles. The predicted molar refractivity (Wildman–Crippen MR) is 66.1 cm³/mol. The average Bonchev–Trinajstić information content (AvgIpc) is 3.01. The maximum Gasteiger partial charge on any atom is 0.244 e. The lowest BCUT2D eigenvalue weighted by molar-refractivity contribution is 0.191. The molecule has 19 heavy (non-hydrogen) atoms. The van der Waals surface area contributed by atoms with Crippen LogP contribution in [0.3, 0.4) is 0 Å². The highest BCUT2D eigenvalue weighted by Gasteiger charge is 2.28. The Morgan fingerprint density at radius 3 is 3.00 bits per heavy atom. The third-order valence-corrected chi connectivity index (χ3v) is 3.31. The van der Waals surface area contributed by atoms with Crippen LogP contribution in [0.2, 0.25) is 5.02 Å². The number of aliphatic hydroxyl groups excluding tert-OH is 1. The molecular formula is C12H11ClFN3O2. The molecular weight excluding hydrogens is 273 g/mol. The fourth-order valence-corrected chi connectivity index (χ4v) is 2.21. The van der Waals surface area contributed by atoms with Gasteiger partial charge in [-0.05, 0) is 24.6 Å². The number of hydrogen-bond donors (Lipinski definition) is 2. The molecule has 3 rings (SSSR count). The number of nitrogens with zero attached hydrogens (tertiary/aromatic N) is 2. The maximum absolute atomic E-state index is 13.1. The van der Waals surface area contributed by atoms with E-state index in [1.807, 2.05) is 0 Å². The molecule has 100 valence electrons. The summed E-state index contributed by atoms with van der Waals surface area (Å²) in [7, 11) is 0. The topological polar surface area (TPSA) is 71.2 Å². The van der Waals surface area contributed by atoms with E-state index in [9.17, 15) is 9.50 Å². The minimum atomic E-state index is -0.491. The van der Waals surface area contributed by atoms with Crippen LogP contribution in [0, 0.1) is 5.82 Å². The number of nitrogens with one attached hydrogen (secondary N) is 1. The summed E-state index contributed by atoms with van der Waals surface area (Å²) in [5.41, 5.74) is 0.583. The molecule has 0 aliphatic carbocycles. The Hall–Kier alpha value is -1.50. The highest BCUT2D eigenvalue weighted by molar-refractivity contribution is 6.31. The SMILES string of the molecule is O[C@H]1CN[C@H](c2nc(-c3ccc(F)c(Cl)c3)no2)C1. The molecule has 0 spiro atoms. The van der Waals surface area contributed by atoms with E-state index in [1.165, 1.54) is 18.2 Å². The van der Waals surface area contributed by atoms with Gasteiger partial charge in [-0.3, -0.25) is 0 Å². The highest BCUT2D eigenvalue weighted by Crippen LogP contribution is 2.26. The first kappa shape index (κ1) is 12.5. The van der Waals surface area contributed by atoms with Crippen LogP contribution in [-0.4, -0.2) is 27.9 Å². The summed E-state index contributed by atoms with van der Waals surface area (Å²) in [6.45, 7) is 0.505. The minimum absolute atomic E-state index is 0.0123. The zero-order valence-corrected chi connectivity index (χ0v) is 10.6. The number of aliphatic hydroxyl groups is 1. The van der Waals surface area contributed by atoms with Crippen molar-refractivity contribution in [2.24, 2.45) is 0 Å². The minimum Gasteiger partial charge on any atom is -0.392 e. The summed E-state index contributed by atoms with van der Waals surface area (Å²) in [5, 5.41) is 16.4. The van der Waals surface area contributed by atoms with E-state index >= 15 is 0 Å². The molecule has 1 saturated heterocycles. The Bertz CT molecular complexity index is 604. The Balaban J connectivity index is 1.86. The Kier molecular flexibility index (Phi) is 3.22. The summed E-state index contributed by atoms with van der Waals surface area (Å²) >= 11 is 5.71. The predicted octanol–water partition coefficient (Wildman–Crippen LogP) is 1.92. The highest BCUT2D eigenvalue weighted by atomic mass is 35.5. The van der Waals surface area contributed by atoms with Crippen molar-refractivity contribution in [3.05, 3.63) is 34.9 Å². The first-order valence-corrected chi connectivity index (χ1v) is 6.22. The van der Waals surface area contributed by atoms with Crippen molar-refractivity contribution >= 4 is 11.6 Å². The first-order valence-electron chi connectivity index (χ1n) is 5.84. The molecule has 2 atom stereocenters. The molecule has 1 aliphatic heterocycles. The van der Waals surface area contributed by atoms with Gasteiger partial charge in [-0.25, -0.2) is 4.39 Å². The third kappa shape index (κ3) is 2.47. The van der Waals surface area contributed by atoms with Gasteiger partial charge in [-0.15, -0.1) is 0 Å². The van der Waals surface area contributed by atoms with Crippen molar-refractivity contribution in [1.29, 1.82) is 0 Å².